The first-order valence-electron chi connectivity index (χ1n) is 6.38. The Morgan fingerprint density at radius 2 is 2.05 bits per heavy atom. The van der Waals surface area contributed by atoms with Gasteiger partial charge in [-0.2, -0.15) is 0 Å². The molecular formula is C16H17BrFNO. The molecule has 0 aromatic heterocycles. The first kappa shape index (κ1) is 15.0. The Balaban J connectivity index is 2.23. The van der Waals surface area contributed by atoms with Gasteiger partial charge >= 0.3 is 0 Å². The summed E-state index contributed by atoms with van der Waals surface area (Å²) in [5.41, 5.74) is 2.06. The second kappa shape index (κ2) is 6.86. The molecule has 20 heavy (non-hydrogen) atoms. The lowest BCUT2D eigenvalue weighted by Crippen LogP contribution is -2.19. The fraction of sp³-hybridized carbons (Fsp3) is 0.250. The van der Waals surface area contributed by atoms with Crippen LogP contribution in [0.5, 0.6) is 5.75 Å². The molecule has 0 aliphatic rings. The number of benzene rings is 2. The number of nitrogens with one attached hydrogen (secondary N) is 1. The molecule has 4 heteroatoms. The van der Waals surface area contributed by atoms with Crippen LogP contribution in [-0.4, -0.2) is 14.2 Å². The molecule has 0 radical (unpaired) electrons. The van der Waals surface area contributed by atoms with Gasteiger partial charge in [-0.05, 0) is 54.9 Å². The third-order valence-corrected chi connectivity index (χ3v) is 3.67. The van der Waals surface area contributed by atoms with Crippen LogP contribution < -0.4 is 10.1 Å². The standard InChI is InChI=1S/C16H17BrFNO/c1-19-16(12-8-13(17)10-14(18)9-12)7-11-4-3-5-15(6-11)20-2/h3-6,8-10,16,19H,7H2,1-2H3. The van der Waals surface area contributed by atoms with Crippen molar-refractivity contribution >= 4 is 15.9 Å². The maximum atomic E-state index is 13.5. The Bertz CT molecular complexity index is 568. The lowest BCUT2D eigenvalue weighted by atomic mass is 9.99. The molecule has 0 spiro atoms. The van der Waals surface area contributed by atoms with E-state index in [-0.39, 0.29) is 11.9 Å². The van der Waals surface area contributed by atoms with Crippen molar-refractivity contribution in [2.45, 2.75) is 12.5 Å². The summed E-state index contributed by atoms with van der Waals surface area (Å²) in [5.74, 6) is 0.595. The van der Waals surface area contributed by atoms with Crippen LogP contribution >= 0.6 is 15.9 Å². The molecule has 0 amide bonds. The third kappa shape index (κ3) is 3.81. The quantitative estimate of drug-likeness (QED) is 0.886. The Hall–Kier alpha value is -1.39. The summed E-state index contributed by atoms with van der Waals surface area (Å²) in [7, 11) is 3.53. The van der Waals surface area contributed by atoms with Gasteiger partial charge in [0.25, 0.3) is 0 Å². The molecule has 1 N–H and O–H groups in total. The van der Waals surface area contributed by atoms with E-state index in [9.17, 15) is 4.39 Å². The van der Waals surface area contributed by atoms with Crippen molar-refractivity contribution in [3.63, 3.8) is 0 Å². The highest BCUT2D eigenvalue weighted by molar-refractivity contribution is 9.10. The van der Waals surface area contributed by atoms with Crippen molar-refractivity contribution < 1.29 is 9.13 Å². The summed E-state index contributed by atoms with van der Waals surface area (Å²) in [6.07, 6.45) is 0.767. The van der Waals surface area contributed by atoms with Gasteiger partial charge in [-0.3, -0.25) is 0 Å². The van der Waals surface area contributed by atoms with Crippen LogP contribution in [0, 0.1) is 5.82 Å². The highest BCUT2D eigenvalue weighted by atomic mass is 79.9. The van der Waals surface area contributed by atoms with Crippen LogP contribution in [-0.2, 0) is 6.42 Å². The van der Waals surface area contributed by atoms with Gasteiger partial charge in [0.15, 0.2) is 0 Å². The van der Waals surface area contributed by atoms with E-state index in [0.29, 0.717) is 0 Å². The SMILES string of the molecule is CNC(Cc1cccc(OC)c1)c1cc(F)cc(Br)c1. The summed E-state index contributed by atoms with van der Waals surface area (Å²) < 4.78 is 19.5. The molecule has 2 aromatic carbocycles. The van der Waals surface area contributed by atoms with Crippen molar-refractivity contribution in [3.05, 3.63) is 63.9 Å². The Labute approximate surface area is 127 Å². The second-order valence-electron chi connectivity index (χ2n) is 4.60. The number of ether oxygens (including phenoxy) is 1. The van der Waals surface area contributed by atoms with Crippen LogP contribution in [0.3, 0.4) is 0 Å². The highest BCUT2D eigenvalue weighted by Crippen LogP contribution is 2.24. The number of hydrogen-bond donors (Lipinski definition) is 1. The molecule has 0 aliphatic heterocycles. The lowest BCUT2D eigenvalue weighted by Gasteiger charge is -2.17. The first-order valence-corrected chi connectivity index (χ1v) is 7.18. The third-order valence-electron chi connectivity index (χ3n) is 3.21. The zero-order chi connectivity index (χ0) is 14.5. The van der Waals surface area contributed by atoms with Gasteiger partial charge in [-0.25, -0.2) is 4.39 Å². The van der Waals surface area contributed by atoms with Gasteiger partial charge in [-0.1, -0.05) is 28.1 Å². The van der Waals surface area contributed by atoms with E-state index >= 15 is 0 Å². The maximum Gasteiger partial charge on any atom is 0.124 e. The summed E-state index contributed by atoms with van der Waals surface area (Å²) in [4.78, 5) is 0. The minimum Gasteiger partial charge on any atom is -0.497 e. The molecule has 0 saturated carbocycles. The van der Waals surface area contributed by atoms with Gasteiger partial charge in [0.05, 0.1) is 7.11 Å². The smallest absolute Gasteiger partial charge is 0.124 e. The molecule has 0 saturated heterocycles. The molecule has 2 aromatic rings. The largest absolute Gasteiger partial charge is 0.497 e. The molecule has 0 aliphatic carbocycles. The normalized spacial score (nSPS) is 12.2. The highest BCUT2D eigenvalue weighted by Gasteiger charge is 2.12. The van der Waals surface area contributed by atoms with Gasteiger partial charge in [0.2, 0.25) is 0 Å². The molecule has 106 valence electrons. The molecule has 0 fully saturated rings. The first-order chi connectivity index (χ1) is 9.62. The Morgan fingerprint density at radius 1 is 1.25 bits per heavy atom. The topological polar surface area (TPSA) is 21.3 Å². The molecule has 1 unspecified atom stereocenters. The van der Waals surface area contributed by atoms with Crippen molar-refractivity contribution in [2.24, 2.45) is 0 Å². The van der Waals surface area contributed by atoms with Crippen LogP contribution in [0.4, 0.5) is 4.39 Å². The van der Waals surface area contributed by atoms with E-state index in [1.807, 2.05) is 37.4 Å². The van der Waals surface area contributed by atoms with Crippen molar-refractivity contribution in [3.8, 4) is 5.75 Å². The van der Waals surface area contributed by atoms with Gasteiger partial charge in [0, 0.05) is 10.5 Å². The molecular weight excluding hydrogens is 321 g/mol. The second-order valence-corrected chi connectivity index (χ2v) is 5.52. The average molecular weight is 338 g/mol. The van der Waals surface area contributed by atoms with Crippen molar-refractivity contribution in [2.75, 3.05) is 14.2 Å². The van der Waals surface area contributed by atoms with Crippen molar-refractivity contribution in [1.82, 2.24) is 5.32 Å². The summed E-state index contributed by atoms with van der Waals surface area (Å²) in [6, 6.07) is 12.9. The number of halogens is 2. The Morgan fingerprint density at radius 3 is 2.70 bits per heavy atom. The number of rotatable bonds is 5. The fourth-order valence-corrected chi connectivity index (χ4v) is 2.68. The van der Waals surface area contributed by atoms with Crippen LogP contribution in [0.15, 0.2) is 46.9 Å². The van der Waals surface area contributed by atoms with E-state index in [1.165, 1.54) is 6.07 Å². The summed E-state index contributed by atoms with van der Waals surface area (Å²) >= 11 is 3.33. The number of methoxy groups -OCH3 is 1. The van der Waals surface area contributed by atoms with E-state index < -0.39 is 0 Å². The molecule has 2 nitrogen and oxygen atoms in total. The summed E-state index contributed by atoms with van der Waals surface area (Å²) in [5, 5.41) is 3.23. The van der Waals surface area contributed by atoms with E-state index in [4.69, 9.17) is 4.74 Å². The lowest BCUT2D eigenvalue weighted by molar-refractivity contribution is 0.414. The molecule has 2 rings (SSSR count). The van der Waals surface area contributed by atoms with Crippen LogP contribution in [0.2, 0.25) is 0 Å². The number of hydrogen-bond acceptors (Lipinski definition) is 2. The summed E-state index contributed by atoms with van der Waals surface area (Å²) in [6.45, 7) is 0. The molecule has 1 atom stereocenters. The molecule has 0 bridgehead atoms. The minimum absolute atomic E-state index is 0.0501. The maximum absolute atomic E-state index is 13.5. The zero-order valence-electron chi connectivity index (χ0n) is 11.5. The van der Waals surface area contributed by atoms with Gasteiger partial charge < -0.3 is 10.1 Å². The van der Waals surface area contributed by atoms with E-state index in [2.05, 4.69) is 21.2 Å². The van der Waals surface area contributed by atoms with Crippen LogP contribution in [0.1, 0.15) is 17.2 Å². The number of likely N-dealkylation sites (N-methyl/N-ethyl adjacent to an activating group) is 1. The van der Waals surface area contributed by atoms with Crippen molar-refractivity contribution in [1.29, 1.82) is 0 Å². The predicted octanol–water partition coefficient (Wildman–Crippen LogP) is 4.10. The van der Waals surface area contributed by atoms with E-state index in [1.54, 1.807) is 13.2 Å². The average Bonchev–Trinajstić information content (AvgIpc) is 2.44. The zero-order valence-corrected chi connectivity index (χ0v) is 13.1. The predicted molar refractivity (Wildman–Crippen MR) is 82.6 cm³/mol. The van der Waals surface area contributed by atoms with E-state index in [0.717, 1.165) is 27.8 Å². The minimum atomic E-state index is -0.236. The Kier molecular flexibility index (Phi) is 5.15. The fourth-order valence-electron chi connectivity index (χ4n) is 2.20. The monoisotopic (exact) mass is 337 g/mol. The van der Waals surface area contributed by atoms with Crippen LogP contribution in [0.25, 0.3) is 0 Å². The van der Waals surface area contributed by atoms with Gasteiger partial charge in [0.1, 0.15) is 11.6 Å². The molecule has 0 heterocycles. The van der Waals surface area contributed by atoms with Gasteiger partial charge in [-0.15, -0.1) is 0 Å².